The fourth-order valence-electron chi connectivity index (χ4n) is 2.77. The van der Waals surface area contributed by atoms with Crippen molar-refractivity contribution in [1.82, 2.24) is 14.6 Å². The van der Waals surface area contributed by atoms with E-state index in [1.54, 1.807) is 24.3 Å². The number of hydrogen-bond donors (Lipinski definition) is 0. The molecule has 0 saturated carbocycles. The molecule has 0 N–H and O–H groups in total. The lowest BCUT2D eigenvalue weighted by atomic mass is 10.2. The van der Waals surface area contributed by atoms with Gasteiger partial charge in [0, 0.05) is 21.2 Å². The average molecular weight is 446 g/mol. The van der Waals surface area contributed by atoms with Crippen LogP contribution in [-0.2, 0) is 0 Å². The first-order chi connectivity index (χ1) is 14.1. The number of rotatable bonds is 6. The third kappa shape index (κ3) is 4.15. The Balaban J connectivity index is 1.65. The molecular formula is C21H17Cl2N3O2S. The first-order valence-corrected chi connectivity index (χ1v) is 10.7. The molecule has 148 valence electrons. The van der Waals surface area contributed by atoms with Gasteiger partial charge in [0.15, 0.2) is 5.82 Å². The van der Waals surface area contributed by atoms with Crippen molar-refractivity contribution in [2.24, 2.45) is 0 Å². The van der Waals surface area contributed by atoms with Gasteiger partial charge in [-0.15, -0.1) is 5.10 Å². The predicted octanol–water partition coefficient (Wildman–Crippen LogP) is 4.85. The number of ether oxygens (including phenoxy) is 1. The highest BCUT2D eigenvalue weighted by atomic mass is 35.5. The average Bonchev–Trinajstić information content (AvgIpc) is 3.25. The van der Waals surface area contributed by atoms with Crippen LogP contribution in [0.2, 0.25) is 10.0 Å². The summed E-state index contributed by atoms with van der Waals surface area (Å²) in [4.78, 5) is 17.8. The van der Waals surface area contributed by atoms with Crippen molar-refractivity contribution in [3.63, 3.8) is 0 Å². The molecule has 0 amide bonds. The Morgan fingerprint density at radius 1 is 1.14 bits per heavy atom. The van der Waals surface area contributed by atoms with E-state index in [-0.39, 0.29) is 5.56 Å². The summed E-state index contributed by atoms with van der Waals surface area (Å²) in [6.07, 6.45) is 3.79. The number of unbranched alkanes of at least 4 members (excludes halogenated alkanes) is 1. The van der Waals surface area contributed by atoms with Gasteiger partial charge in [-0.25, -0.2) is 0 Å². The van der Waals surface area contributed by atoms with E-state index in [4.69, 9.17) is 27.9 Å². The van der Waals surface area contributed by atoms with E-state index in [0.717, 1.165) is 24.2 Å². The largest absolute Gasteiger partial charge is 0.494 e. The summed E-state index contributed by atoms with van der Waals surface area (Å²) in [5.74, 6) is 1.30. The van der Waals surface area contributed by atoms with E-state index < -0.39 is 0 Å². The first-order valence-electron chi connectivity index (χ1n) is 9.15. The minimum atomic E-state index is -0.251. The molecule has 0 saturated heterocycles. The van der Waals surface area contributed by atoms with Crippen LogP contribution < -0.4 is 14.8 Å². The number of nitrogens with zero attached hydrogens (tertiary/aromatic N) is 3. The maximum atomic E-state index is 12.7. The maximum Gasteiger partial charge on any atom is 0.291 e. The fourth-order valence-corrected chi connectivity index (χ4v) is 4.17. The summed E-state index contributed by atoms with van der Waals surface area (Å²) >= 11 is 13.6. The summed E-state index contributed by atoms with van der Waals surface area (Å²) in [6.45, 7) is 2.82. The number of benzene rings is 2. The van der Waals surface area contributed by atoms with Gasteiger partial charge in [-0.2, -0.15) is 9.50 Å². The topological polar surface area (TPSA) is 56.5 Å². The summed E-state index contributed by atoms with van der Waals surface area (Å²) < 4.78 is 7.45. The number of thiazole rings is 1. The van der Waals surface area contributed by atoms with Crippen molar-refractivity contribution in [3.8, 4) is 17.1 Å². The van der Waals surface area contributed by atoms with Crippen LogP contribution in [0.3, 0.4) is 0 Å². The van der Waals surface area contributed by atoms with Crippen LogP contribution in [0.5, 0.6) is 5.75 Å². The molecule has 0 atom stereocenters. The lowest BCUT2D eigenvalue weighted by Gasteiger charge is -2.05. The van der Waals surface area contributed by atoms with Crippen molar-refractivity contribution in [1.29, 1.82) is 0 Å². The van der Waals surface area contributed by atoms with Crippen LogP contribution >= 0.6 is 34.5 Å². The lowest BCUT2D eigenvalue weighted by Crippen LogP contribution is -2.23. The lowest BCUT2D eigenvalue weighted by molar-refractivity contribution is 0.309. The normalized spacial score (nSPS) is 12.0. The molecule has 0 unspecified atom stereocenters. The Hall–Kier alpha value is -2.41. The second-order valence-corrected chi connectivity index (χ2v) is 8.23. The minimum Gasteiger partial charge on any atom is -0.494 e. The molecule has 5 nitrogen and oxygen atoms in total. The van der Waals surface area contributed by atoms with Gasteiger partial charge in [0.2, 0.25) is 4.96 Å². The van der Waals surface area contributed by atoms with Gasteiger partial charge >= 0.3 is 0 Å². The Labute approximate surface area is 181 Å². The Bertz CT molecular complexity index is 1250. The number of halogens is 2. The second kappa shape index (κ2) is 8.53. The van der Waals surface area contributed by atoms with E-state index in [1.165, 1.54) is 15.9 Å². The second-order valence-electron chi connectivity index (χ2n) is 6.41. The van der Waals surface area contributed by atoms with Gasteiger partial charge in [0.1, 0.15) is 5.75 Å². The molecule has 0 radical (unpaired) electrons. The molecule has 0 bridgehead atoms. The molecule has 0 spiro atoms. The van der Waals surface area contributed by atoms with Crippen molar-refractivity contribution >= 4 is 45.6 Å². The van der Waals surface area contributed by atoms with Crippen LogP contribution in [0.25, 0.3) is 22.4 Å². The zero-order chi connectivity index (χ0) is 20.4. The molecule has 8 heteroatoms. The predicted molar refractivity (Wildman–Crippen MR) is 118 cm³/mol. The van der Waals surface area contributed by atoms with Crippen molar-refractivity contribution in [2.45, 2.75) is 19.8 Å². The smallest absolute Gasteiger partial charge is 0.291 e. The van der Waals surface area contributed by atoms with E-state index in [0.29, 0.717) is 37.5 Å². The van der Waals surface area contributed by atoms with Crippen LogP contribution in [0.4, 0.5) is 0 Å². The van der Waals surface area contributed by atoms with Gasteiger partial charge in [0.25, 0.3) is 5.56 Å². The van der Waals surface area contributed by atoms with E-state index >= 15 is 0 Å². The molecule has 0 aliphatic heterocycles. The molecule has 0 aliphatic carbocycles. The SMILES string of the molecule is CCCCOc1ccc(-c2nc3sc(=Cc4c(Cl)cccc4Cl)c(=O)n3n2)cc1. The molecular weight excluding hydrogens is 429 g/mol. The molecule has 29 heavy (non-hydrogen) atoms. The number of fused-ring (bicyclic) bond motifs is 1. The third-order valence-corrected chi connectivity index (χ3v) is 5.95. The summed E-state index contributed by atoms with van der Waals surface area (Å²) in [6, 6.07) is 12.8. The van der Waals surface area contributed by atoms with Crippen LogP contribution in [-0.4, -0.2) is 21.2 Å². The molecule has 2 aromatic heterocycles. The Kier molecular flexibility index (Phi) is 5.85. The molecule has 2 aromatic carbocycles. The molecule has 2 heterocycles. The van der Waals surface area contributed by atoms with E-state index in [1.807, 2.05) is 24.3 Å². The van der Waals surface area contributed by atoms with Crippen LogP contribution in [0, 0.1) is 0 Å². The Morgan fingerprint density at radius 3 is 2.52 bits per heavy atom. The molecule has 4 aromatic rings. The highest BCUT2D eigenvalue weighted by Gasteiger charge is 2.13. The highest BCUT2D eigenvalue weighted by Crippen LogP contribution is 2.25. The highest BCUT2D eigenvalue weighted by molar-refractivity contribution is 7.15. The van der Waals surface area contributed by atoms with Crippen molar-refractivity contribution in [3.05, 3.63) is 73.0 Å². The van der Waals surface area contributed by atoms with E-state index in [9.17, 15) is 4.79 Å². The molecule has 4 rings (SSSR count). The van der Waals surface area contributed by atoms with Gasteiger partial charge in [-0.05, 0) is 48.9 Å². The fraction of sp³-hybridized carbons (Fsp3) is 0.190. The van der Waals surface area contributed by atoms with Crippen LogP contribution in [0.1, 0.15) is 25.3 Å². The van der Waals surface area contributed by atoms with Crippen LogP contribution in [0.15, 0.2) is 47.3 Å². The van der Waals surface area contributed by atoms with Gasteiger partial charge in [-0.3, -0.25) is 4.79 Å². The zero-order valence-electron chi connectivity index (χ0n) is 15.6. The summed E-state index contributed by atoms with van der Waals surface area (Å²) in [7, 11) is 0. The monoisotopic (exact) mass is 445 g/mol. The standard InChI is InChI=1S/C21H17Cl2N3O2S/c1-2-3-11-28-14-9-7-13(8-10-14)19-24-21-26(25-19)20(27)18(29-21)12-15-16(22)5-4-6-17(15)23/h4-10,12H,2-3,11H2,1H3. The summed E-state index contributed by atoms with van der Waals surface area (Å²) in [5.41, 5.74) is 1.18. The van der Waals surface area contributed by atoms with Gasteiger partial charge < -0.3 is 4.74 Å². The van der Waals surface area contributed by atoms with Gasteiger partial charge in [0.05, 0.1) is 11.1 Å². The Morgan fingerprint density at radius 2 is 1.86 bits per heavy atom. The van der Waals surface area contributed by atoms with Crippen molar-refractivity contribution in [2.75, 3.05) is 6.61 Å². The first kappa shape index (κ1) is 19.9. The number of hydrogen-bond acceptors (Lipinski definition) is 5. The minimum absolute atomic E-state index is 0.251. The third-order valence-electron chi connectivity index (χ3n) is 4.34. The van der Waals surface area contributed by atoms with Crippen molar-refractivity contribution < 1.29 is 4.74 Å². The molecule has 0 fully saturated rings. The quantitative estimate of drug-likeness (QED) is 0.398. The van der Waals surface area contributed by atoms with E-state index in [2.05, 4.69) is 17.0 Å². The maximum absolute atomic E-state index is 12.7. The van der Waals surface area contributed by atoms with Gasteiger partial charge in [-0.1, -0.05) is 53.9 Å². The number of aromatic nitrogens is 3. The zero-order valence-corrected chi connectivity index (χ0v) is 17.9. The molecule has 0 aliphatic rings. The summed E-state index contributed by atoms with van der Waals surface area (Å²) in [5, 5.41) is 5.34.